The molecular formula is C20H33N5O2. The minimum atomic E-state index is -0.284. The molecule has 0 radical (unpaired) electrons. The number of nitrogens with one attached hydrogen (secondary N) is 2. The predicted molar refractivity (Wildman–Crippen MR) is 106 cm³/mol. The zero-order valence-electron chi connectivity index (χ0n) is 16.6. The molecule has 2 N–H and O–H groups in total. The number of hydrogen-bond donors (Lipinski definition) is 2. The molecule has 1 aromatic rings. The van der Waals surface area contributed by atoms with E-state index in [1.165, 1.54) is 19.3 Å². The van der Waals surface area contributed by atoms with Gasteiger partial charge in [0.1, 0.15) is 0 Å². The van der Waals surface area contributed by atoms with Crippen molar-refractivity contribution < 1.29 is 9.59 Å². The summed E-state index contributed by atoms with van der Waals surface area (Å²) in [4.78, 5) is 32.3. The summed E-state index contributed by atoms with van der Waals surface area (Å²) in [6.07, 6.45) is 7.23. The van der Waals surface area contributed by atoms with Crippen LogP contribution >= 0.6 is 0 Å². The third kappa shape index (κ3) is 7.95. The van der Waals surface area contributed by atoms with E-state index in [2.05, 4.69) is 27.4 Å². The van der Waals surface area contributed by atoms with E-state index in [4.69, 9.17) is 0 Å². The van der Waals surface area contributed by atoms with Crippen molar-refractivity contribution in [1.82, 2.24) is 25.4 Å². The highest BCUT2D eigenvalue weighted by Gasteiger charge is 2.17. The first kappa shape index (κ1) is 21.2. The standard InChI is InChI=1S/C20H33N5O2/c1-17-8-4-6-13-25(17)14-7-12-22-20(27)23-16-19(26)24(2)15-10-18-9-3-5-11-21-18/h3,5,9,11,17H,4,6-8,10,12-16H2,1-2H3,(H2,22,23,27). The number of rotatable bonds is 9. The van der Waals surface area contributed by atoms with E-state index in [0.717, 1.165) is 25.2 Å². The van der Waals surface area contributed by atoms with Gasteiger partial charge in [-0.05, 0) is 44.9 Å². The van der Waals surface area contributed by atoms with Crippen LogP contribution in [0.5, 0.6) is 0 Å². The maximum absolute atomic E-state index is 12.1. The molecule has 1 aromatic heterocycles. The lowest BCUT2D eigenvalue weighted by Gasteiger charge is -2.33. The zero-order valence-corrected chi connectivity index (χ0v) is 16.6. The van der Waals surface area contributed by atoms with E-state index in [0.29, 0.717) is 25.6 Å². The summed E-state index contributed by atoms with van der Waals surface area (Å²) in [7, 11) is 1.74. The summed E-state index contributed by atoms with van der Waals surface area (Å²) in [5.41, 5.74) is 0.950. The van der Waals surface area contributed by atoms with Crippen LogP contribution in [0.15, 0.2) is 24.4 Å². The number of likely N-dealkylation sites (N-methyl/N-ethyl adjacent to an activating group) is 1. The molecule has 1 aliphatic rings. The Bertz CT molecular complexity index is 581. The quantitative estimate of drug-likeness (QED) is 0.644. The van der Waals surface area contributed by atoms with Gasteiger partial charge >= 0.3 is 6.03 Å². The molecule has 1 saturated heterocycles. The highest BCUT2D eigenvalue weighted by atomic mass is 16.2. The van der Waals surface area contributed by atoms with Gasteiger partial charge in [-0.25, -0.2) is 4.79 Å². The van der Waals surface area contributed by atoms with E-state index in [-0.39, 0.29) is 18.5 Å². The summed E-state index contributed by atoms with van der Waals surface area (Å²) in [6, 6.07) is 6.10. The molecule has 7 nitrogen and oxygen atoms in total. The number of likely N-dealkylation sites (tertiary alicyclic amines) is 1. The Morgan fingerprint density at radius 1 is 1.30 bits per heavy atom. The van der Waals surface area contributed by atoms with E-state index in [9.17, 15) is 9.59 Å². The fourth-order valence-corrected chi connectivity index (χ4v) is 3.28. The molecule has 0 aromatic carbocycles. The molecule has 7 heteroatoms. The fraction of sp³-hybridized carbons (Fsp3) is 0.650. The van der Waals surface area contributed by atoms with Crippen LogP contribution in [0.3, 0.4) is 0 Å². The largest absolute Gasteiger partial charge is 0.344 e. The van der Waals surface area contributed by atoms with Crippen LogP contribution in [0.25, 0.3) is 0 Å². The predicted octanol–water partition coefficient (Wildman–Crippen LogP) is 1.65. The van der Waals surface area contributed by atoms with E-state index in [1.54, 1.807) is 18.1 Å². The van der Waals surface area contributed by atoms with Crippen molar-refractivity contribution in [2.24, 2.45) is 0 Å². The fourth-order valence-electron chi connectivity index (χ4n) is 3.28. The van der Waals surface area contributed by atoms with E-state index in [1.807, 2.05) is 18.2 Å². The van der Waals surface area contributed by atoms with Crippen LogP contribution in [-0.2, 0) is 11.2 Å². The van der Waals surface area contributed by atoms with E-state index >= 15 is 0 Å². The van der Waals surface area contributed by atoms with Gasteiger partial charge in [-0.3, -0.25) is 9.78 Å². The van der Waals surface area contributed by atoms with Crippen LogP contribution in [-0.4, -0.2) is 72.5 Å². The molecule has 1 unspecified atom stereocenters. The summed E-state index contributed by atoms with van der Waals surface area (Å²) >= 11 is 0. The number of piperidine rings is 1. The van der Waals surface area contributed by atoms with Crippen LogP contribution in [0.2, 0.25) is 0 Å². The second kappa shape index (κ2) is 11.5. The second-order valence-corrected chi connectivity index (χ2v) is 7.23. The number of amides is 3. The SMILES string of the molecule is CC1CCCCN1CCCNC(=O)NCC(=O)N(C)CCc1ccccn1. The number of hydrogen-bond acceptors (Lipinski definition) is 4. The Morgan fingerprint density at radius 2 is 2.15 bits per heavy atom. The average molecular weight is 376 g/mol. The maximum Gasteiger partial charge on any atom is 0.315 e. The van der Waals surface area contributed by atoms with Gasteiger partial charge in [0.2, 0.25) is 5.91 Å². The molecule has 1 atom stereocenters. The highest BCUT2D eigenvalue weighted by Crippen LogP contribution is 2.15. The monoisotopic (exact) mass is 375 g/mol. The van der Waals surface area contributed by atoms with Crippen molar-refractivity contribution in [2.45, 2.75) is 45.1 Å². The topological polar surface area (TPSA) is 77.6 Å². The Kier molecular flexibility index (Phi) is 9.04. The third-order valence-corrected chi connectivity index (χ3v) is 5.10. The number of pyridine rings is 1. The van der Waals surface area contributed by atoms with Crippen molar-refractivity contribution >= 4 is 11.9 Å². The van der Waals surface area contributed by atoms with Gasteiger partial charge in [-0.1, -0.05) is 12.5 Å². The molecule has 0 saturated carbocycles. The lowest BCUT2D eigenvalue weighted by molar-refractivity contribution is -0.128. The van der Waals surface area contributed by atoms with Gasteiger partial charge in [0.05, 0.1) is 6.54 Å². The number of carbonyl (C=O) groups is 2. The van der Waals surface area contributed by atoms with E-state index < -0.39 is 0 Å². The lowest BCUT2D eigenvalue weighted by Crippen LogP contribution is -2.44. The number of aromatic nitrogens is 1. The molecule has 2 heterocycles. The molecule has 150 valence electrons. The number of carbonyl (C=O) groups excluding carboxylic acids is 2. The molecule has 0 aliphatic carbocycles. The molecular weight excluding hydrogens is 342 g/mol. The molecule has 0 spiro atoms. The van der Waals surface area contributed by atoms with Gasteiger partial charge in [-0.2, -0.15) is 0 Å². The third-order valence-electron chi connectivity index (χ3n) is 5.10. The van der Waals surface area contributed by atoms with Gasteiger partial charge in [0, 0.05) is 51.0 Å². The lowest BCUT2D eigenvalue weighted by atomic mass is 10.0. The van der Waals surface area contributed by atoms with Gasteiger partial charge < -0.3 is 20.4 Å². The normalized spacial score (nSPS) is 17.3. The van der Waals surface area contributed by atoms with Crippen molar-refractivity contribution in [3.63, 3.8) is 0 Å². The van der Waals surface area contributed by atoms with Crippen molar-refractivity contribution in [3.8, 4) is 0 Å². The average Bonchev–Trinajstić information content (AvgIpc) is 2.69. The number of urea groups is 1. The Balaban J connectivity index is 1.54. The van der Waals surface area contributed by atoms with Crippen LogP contribution in [0, 0.1) is 0 Å². The highest BCUT2D eigenvalue weighted by molar-refractivity contribution is 5.83. The molecule has 2 rings (SSSR count). The first-order valence-corrected chi connectivity index (χ1v) is 9.96. The van der Waals surface area contributed by atoms with Crippen LogP contribution in [0.4, 0.5) is 4.79 Å². The molecule has 1 fully saturated rings. The van der Waals surface area contributed by atoms with Crippen LogP contribution < -0.4 is 10.6 Å². The van der Waals surface area contributed by atoms with Gasteiger partial charge in [-0.15, -0.1) is 0 Å². The summed E-state index contributed by atoms with van der Waals surface area (Å²) in [6.45, 7) is 5.65. The summed E-state index contributed by atoms with van der Waals surface area (Å²) in [5, 5.41) is 5.47. The summed E-state index contributed by atoms with van der Waals surface area (Å²) in [5.74, 6) is -0.108. The van der Waals surface area contributed by atoms with Crippen molar-refractivity contribution in [1.29, 1.82) is 0 Å². The number of nitrogens with zero attached hydrogens (tertiary/aromatic N) is 3. The zero-order chi connectivity index (χ0) is 19.5. The summed E-state index contributed by atoms with van der Waals surface area (Å²) < 4.78 is 0. The molecule has 1 aliphatic heterocycles. The van der Waals surface area contributed by atoms with Crippen molar-refractivity contribution in [2.75, 3.05) is 39.8 Å². The molecule has 27 heavy (non-hydrogen) atoms. The smallest absolute Gasteiger partial charge is 0.315 e. The Morgan fingerprint density at radius 3 is 2.89 bits per heavy atom. The van der Waals surface area contributed by atoms with Crippen LogP contribution in [0.1, 0.15) is 38.3 Å². The Hall–Kier alpha value is -2.15. The van der Waals surface area contributed by atoms with Crippen molar-refractivity contribution in [3.05, 3.63) is 30.1 Å². The maximum atomic E-state index is 12.1. The molecule has 3 amide bonds. The minimum absolute atomic E-state index is 0.00765. The first-order valence-electron chi connectivity index (χ1n) is 9.96. The van der Waals surface area contributed by atoms with Gasteiger partial charge in [0.25, 0.3) is 0 Å². The second-order valence-electron chi connectivity index (χ2n) is 7.23. The van der Waals surface area contributed by atoms with Gasteiger partial charge in [0.15, 0.2) is 0 Å². The Labute approximate surface area is 162 Å². The minimum Gasteiger partial charge on any atom is -0.344 e. The molecule has 0 bridgehead atoms. The first-order chi connectivity index (χ1) is 13.1.